The molecule has 0 radical (unpaired) electrons. The van der Waals surface area contributed by atoms with E-state index in [4.69, 9.17) is 9.15 Å². The van der Waals surface area contributed by atoms with Crippen molar-refractivity contribution < 1.29 is 14.3 Å². The molecule has 0 unspecified atom stereocenters. The van der Waals surface area contributed by atoms with E-state index in [1.807, 2.05) is 40.9 Å². The number of hydrogen-bond donors (Lipinski definition) is 1. The number of ether oxygens (including phenoxy) is 1. The standard InChI is InChI=1S/C18H22N4O3/c23-14(12-24-13-15-5-4-10-25-15)11-21-8-3-6-16(21)18-20-19-17-7-1-2-9-22(17)18/h1-2,4-5,7,9-10,14,16,23H,3,6,8,11-13H2/t14-,16-/m0/s1. The number of furan rings is 1. The number of aliphatic hydroxyl groups excluding tert-OH is 1. The first-order valence-corrected chi connectivity index (χ1v) is 8.63. The summed E-state index contributed by atoms with van der Waals surface area (Å²) in [6, 6.07) is 9.76. The fourth-order valence-electron chi connectivity index (χ4n) is 3.44. The summed E-state index contributed by atoms with van der Waals surface area (Å²) in [5.74, 6) is 1.71. The molecule has 0 aromatic carbocycles. The number of rotatable bonds is 7. The van der Waals surface area contributed by atoms with Crippen LogP contribution < -0.4 is 0 Å². The molecule has 0 spiro atoms. The van der Waals surface area contributed by atoms with Crippen LogP contribution in [-0.2, 0) is 11.3 Å². The summed E-state index contributed by atoms with van der Waals surface area (Å²) < 4.78 is 12.8. The fourth-order valence-corrected chi connectivity index (χ4v) is 3.44. The zero-order chi connectivity index (χ0) is 17.1. The third-order valence-electron chi connectivity index (χ3n) is 4.58. The molecule has 4 rings (SSSR count). The molecule has 0 bridgehead atoms. The van der Waals surface area contributed by atoms with Crippen molar-refractivity contribution in [2.45, 2.75) is 31.6 Å². The van der Waals surface area contributed by atoms with Crippen LogP contribution in [0.3, 0.4) is 0 Å². The number of aliphatic hydroxyl groups is 1. The summed E-state index contributed by atoms with van der Waals surface area (Å²) in [4.78, 5) is 2.27. The summed E-state index contributed by atoms with van der Waals surface area (Å²) in [5.41, 5.74) is 0.853. The summed E-state index contributed by atoms with van der Waals surface area (Å²) in [7, 11) is 0. The van der Waals surface area contributed by atoms with Gasteiger partial charge in [-0.2, -0.15) is 0 Å². The third-order valence-corrected chi connectivity index (χ3v) is 4.58. The second-order valence-electron chi connectivity index (χ2n) is 6.39. The Morgan fingerprint density at radius 3 is 3.12 bits per heavy atom. The molecule has 132 valence electrons. The molecule has 3 aromatic heterocycles. The second-order valence-corrected chi connectivity index (χ2v) is 6.39. The van der Waals surface area contributed by atoms with Gasteiger partial charge in [0.25, 0.3) is 0 Å². The minimum atomic E-state index is -0.547. The molecule has 3 aromatic rings. The van der Waals surface area contributed by atoms with Gasteiger partial charge in [0.15, 0.2) is 11.5 Å². The Balaban J connectivity index is 1.36. The van der Waals surface area contributed by atoms with Gasteiger partial charge in [0.1, 0.15) is 12.4 Å². The van der Waals surface area contributed by atoms with Crippen LogP contribution in [0.15, 0.2) is 47.2 Å². The molecule has 2 atom stereocenters. The van der Waals surface area contributed by atoms with Crippen molar-refractivity contribution in [2.24, 2.45) is 0 Å². The molecule has 4 heterocycles. The van der Waals surface area contributed by atoms with Gasteiger partial charge in [0.05, 0.1) is 25.0 Å². The fraction of sp³-hybridized carbons (Fsp3) is 0.444. The highest BCUT2D eigenvalue weighted by Crippen LogP contribution is 2.31. The first-order valence-electron chi connectivity index (χ1n) is 8.63. The van der Waals surface area contributed by atoms with Crippen molar-refractivity contribution in [1.82, 2.24) is 19.5 Å². The van der Waals surface area contributed by atoms with Crippen LogP contribution in [0.25, 0.3) is 5.65 Å². The Kier molecular flexibility index (Phi) is 4.78. The summed E-state index contributed by atoms with van der Waals surface area (Å²) >= 11 is 0. The normalized spacial score (nSPS) is 19.6. The predicted octanol–water partition coefficient (Wildman–Crippen LogP) is 2.04. The number of nitrogens with zero attached hydrogens (tertiary/aromatic N) is 4. The molecule has 1 fully saturated rings. The smallest absolute Gasteiger partial charge is 0.160 e. The lowest BCUT2D eigenvalue weighted by Crippen LogP contribution is -2.35. The van der Waals surface area contributed by atoms with Crippen molar-refractivity contribution in [3.63, 3.8) is 0 Å². The summed E-state index contributed by atoms with van der Waals surface area (Å²) in [5, 5.41) is 18.9. The van der Waals surface area contributed by atoms with E-state index in [0.717, 1.165) is 36.6 Å². The van der Waals surface area contributed by atoms with E-state index >= 15 is 0 Å². The van der Waals surface area contributed by atoms with Crippen LogP contribution in [0.2, 0.25) is 0 Å². The van der Waals surface area contributed by atoms with Crippen molar-refractivity contribution in [2.75, 3.05) is 19.7 Å². The van der Waals surface area contributed by atoms with Gasteiger partial charge in [-0.3, -0.25) is 9.30 Å². The van der Waals surface area contributed by atoms with Crippen LogP contribution in [0.5, 0.6) is 0 Å². The van der Waals surface area contributed by atoms with Crippen LogP contribution in [0.1, 0.15) is 30.5 Å². The Morgan fingerprint density at radius 2 is 2.24 bits per heavy atom. The number of β-amino-alcohol motifs (C(OH)–C–C–N with tert-alkyl or cyclic N) is 1. The predicted molar refractivity (Wildman–Crippen MR) is 90.9 cm³/mol. The largest absolute Gasteiger partial charge is 0.467 e. The van der Waals surface area contributed by atoms with Gasteiger partial charge in [0.2, 0.25) is 0 Å². The monoisotopic (exact) mass is 342 g/mol. The molecule has 1 aliphatic rings. The highest BCUT2D eigenvalue weighted by molar-refractivity contribution is 5.37. The third kappa shape index (κ3) is 3.58. The zero-order valence-corrected chi connectivity index (χ0v) is 14.0. The highest BCUT2D eigenvalue weighted by Gasteiger charge is 2.31. The van der Waals surface area contributed by atoms with Gasteiger partial charge in [-0.15, -0.1) is 10.2 Å². The average Bonchev–Trinajstić information content (AvgIpc) is 3.34. The first-order chi connectivity index (χ1) is 12.3. The van der Waals surface area contributed by atoms with Gasteiger partial charge >= 0.3 is 0 Å². The topological polar surface area (TPSA) is 76.0 Å². The maximum absolute atomic E-state index is 10.3. The van der Waals surface area contributed by atoms with E-state index in [-0.39, 0.29) is 12.6 Å². The lowest BCUT2D eigenvalue weighted by Gasteiger charge is -2.25. The van der Waals surface area contributed by atoms with Gasteiger partial charge in [-0.05, 0) is 43.7 Å². The Hall–Kier alpha value is -2.22. The van der Waals surface area contributed by atoms with E-state index < -0.39 is 6.10 Å². The first kappa shape index (κ1) is 16.3. The van der Waals surface area contributed by atoms with E-state index in [0.29, 0.717) is 13.2 Å². The maximum Gasteiger partial charge on any atom is 0.160 e. The van der Waals surface area contributed by atoms with Crippen molar-refractivity contribution in [3.8, 4) is 0 Å². The minimum Gasteiger partial charge on any atom is -0.467 e. The van der Waals surface area contributed by atoms with Crippen LogP contribution in [0, 0.1) is 0 Å². The Bertz CT molecular complexity index is 802. The molecule has 1 aliphatic heterocycles. The Morgan fingerprint density at radius 1 is 1.28 bits per heavy atom. The van der Waals surface area contributed by atoms with Gasteiger partial charge in [-0.1, -0.05) is 6.07 Å². The SMILES string of the molecule is O[C@H](COCc1ccco1)CN1CCC[C@H]1c1nnc2ccccn12. The summed E-state index contributed by atoms with van der Waals surface area (Å²) in [6.07, 6.45) is 5.17. The van der Waals surface area contributed by atoms with Gasteiger partial charge < -0.3 is 14.3 Å². The van der Waals surface area contributed by atoms with E-state index in [1.165, 1.54) is 0 Å². The molecule has 0 saturated carbocycles. The molecule has 7 heteroatoms. The van der Waals surface area contributed by atoms with Crippen LogP contribution in [-0.4, -0.2) is 50.4 Å². The number of hydrogen-bond acceptors (Lipinski definition) is 6. The average molecular weight is 342 g/mol. The number of aromatic nitrogens is 3. The van der Waals surface area contributed by atoms with Gasteiger partial charge in [-0.25, -0.2) is 0 Å². The maximum atomic E-state index is 10.3. The summed E-state index contributed by atoms with van der Waals surface area (Å²) in [6.45, 7) is 2.17. The number of likely N-dealkylation sites (tertiary alicyclic amines) is 1. The second kappa shape index (κ2) is 7.35. The van der Waals surface area contributed by atoms with E-state index in [1.54, 1.807) is 6.26 Å². The molecule has 0 amide bonds. The number of pyridine rings is 1. The quantitative estimate of drug-likeness (QED) is 0.708. The molecule has 0 aliphatic carbocycles. The van der Waals surface area contributed by atoms with Crippen LogP contribution in [0.4, 0.5) is 0 Å². The van der Waals surface area contributed by atoms with Crippen molar-refractivity contribution in [3.05, 3.63) is 54.4 Å². The lowest BCUT2D eigenvalue weighted by atomic mass is 10.2. The molecule has 1 N–H and O–H groups in total. The zero-order valence-electron chi connectivity index (χ0n) is 14.0. The lowest BCUT2D eigenvalue weighted by molar-refractivity contribution is 0.00258. The van der Waals surface area contributed by atoms with Gasteiger partial charge in [0, 0.05) is 12.7 Å². The minimum absolute atomic E-state index is 0.178. The van der Waals surface area contributed by atoms with Crippen molar-refractivity contribution >= 4 is 5.65 Å². The molecule has 25 heavy (non-hydrogen) atoms. The Labute approximate surface area is 145 Å². The molecular formula is C18H22N4O3. The van der Waals surface area contributed by atoms with E-state index in [9.17, 15) is 5.11 Å². The highest BCUT2D eigenvalue weighted by atomic mass is 16.5. The molecular weight excluding hydrogens is 320 g/mol. The number of fused-ring (bicyclic) bond motifs is 1. The van der Waals surface area contributed by atoms with Crippen LogP contribution >= 0.6 is 0 Å². The molecule has 7 nitrogen and oxygen atoms in total. The molecule has 1 saturated heterocycles. The van der Waals surface area contributed by atoms with Crippen molar-refractivity contribution in [1.29, 1.82) is 0 Å². The van der Waals surface area contributed by atoms with E-state index in [2.05, 4.69) is 15.1 Å².